The van der Waals surface area contributed by atoms with Crippen LogP contribution >= 0.6 is 0 Å². The second-order valence-corrected chi connectivity index (χ2v) is 5.00. The zero-order valence-corrected chi connectivity index (χ0v) is 12.2. The number of hydrogen-bond acceptors (Lipinski definition) is 4. The number of aromatic nitrogens is 3. The minimum Gasteiger partial charge on any atom is -0.355 e. The molecule has 2 rings (SSSR count). The maximum Gasteiger partial charge on any atom is 0.224 e. The highest BCUT2D eigenvalue weighted by atomic mass is 16.1. The number of benzene rings is 1. The Kier molecular flexibility index (Phi) is 5.45. The normalized spacial score (nSPS) is 12.1. The van der Waals surface area contributed by atoms with E-state index in [4.69, 9.17) is 5.73 Å². The maximum atomic E-state index is 12.1. The van der Waals surface area contributed by atoms with Gasteiger partial charge in [0.1, 0.15) is 6.33 Å². The molecule has 1 unspecified atom stereocenters. The van der Waals surface area contributed by atoms with Gasteiger partial charge in [-0.15, -0.1) is 0 Å². The predicted octanol–water partition coefficient (Wildman–Crippen LogP) is 0.291. The molecule has 0 spiro atoms. The highest BCUT2D eigenvalue weighted by Gasteiger charge is 2.16. The highest BCUT2D eigenvalue weighted by Crippen LogP contribution is 2.08. The largest absolute Gasteiger partial charge is 0.355 e. The van der Waals surface area contributed by atoms with Gasteiger partial charge in [0.05, 0.1) is 5.92 Å². The van der Waals surface area contributed by atoms with Gasteiger partial charge in [-0.2, -0.15) is 5.10 Å². The van der Waals surface area contributed by atoms with Crippen LogP contribution in [0.3, 0.4) is 0 Å². The van der Waals surface area contributed by atoms with Crippen LogP contribution in [0.25, 0.3) is 0 Å². The third-order valence-corrected chi connectivity index (χ3v) is 3.28. The van der Waals surface area contributed by atoms with Crippen LogP contribution < -0.4 is 11.1 Å². The molecule has 0 aliphatic rings. The van der Waals surface area contributed by atoms with Crippen LogP contribution in [0.2, 0.25) is 0 Å². The van der Waals surface area contributed by atoms with Crippen LogP contribution in [0.5, 0.6) is 0 Å². The molecule has 0 aliphatic carbocycles. The van der Waals surface area contributed by atoms with Crippen LogP contribution in [0.1, 0.15) is 11.4 Å². The Bertz CT molecular complexity index is 566. The maximum absolute atomic E-state index is 12.1. The molecule has 0 saturated carbocycles. The minimum atomic E-state index is -0.205. The van der Waals surface area contributed by atoms with Gasteiger partial charge in [-0.3, -0.25) is 9.48 Å². The van der Waals surface area contributed by atoms with Crippen molar-refractivity contribution in [1.29, 1.82) is 0 Å². The van der Waals surface area contributed by atoms with Crippen molar-refractivity contribution in [3.05, 3.63) is 48.0 Å². The molecule has 0 saturated heterocycles. The summed E-state index contributed by atoms with van der Waals surface area (Å²) in [6, 6.07) is 9.91. The van der Waals surface area contributed by atoms with E-state index < -0.39 is 0 Å². The fourth-order valence-electron chi connectivity index (χ4n) is 2.12. The van der Waals surface area contributed by atoms with Crippen molar-refractivity contribution >= 4 is 5.91 Å². The summed E-state index contributed by atoms with van der Waals surface area (Å²) < 4.78 is 1.65. The van der Waals surface area contributed by atoms with E-state index in [1.165, 1.54) is 0 Å². The number of nitrogens with one attached hydrogen (secondary N) is 1. The molecule has 1 heterocycles. The lowest BCUT2D eigenvalue weighted by Crippen LogP contribution is -2.37. The Labute approximate surface area is 124 Å². The molecule has 112 valence electrons. The van der Waals surface area contributed by atoms with Gasteiger partial charge >= 0.3 is 0 Å². The minimum absolute atomic E-state index is 0.0164. The summed E-state index contributed by atoms with van der Waals surface area (Å²) in [6.45, 7) is 0.858. The lowest BCUT2D eigenvalue weighted by molar-refractivity contribution is -0.124. The number of carbonyl (C=O) groups is 1. The quantitative estimate of drug-likeness (QED) is 0.766. The molecular weight excluding hydrogens is 266 g/mol. The van der Waals surface area contributed by atoms with Crippen LogP contribution in [0.4, 0.5) is 0 Å². The van der Waals surface area contributed by atoms with Crippen LogP contribution in [-0.2, 0) is 24.7 Å². The first-order chi connectivity index (χ1) is 10.2. The summed E-state index contributed by atoms with van der Waals surface area (Å²) in [6.07, 6.45) is 2.93. The van der Waals surface area contributed by atoms with E-state index in [1.54, 1.807) is 11.0 Å². The zero-order valence-electron chi connectivity index (χ0n) is 12.2. The van der Waals surface area contributed by atoms with Gasteiger partial charge in [-0.1, -0.05) is 30.3 Å². The number of nitrogens with two attached hydrogens (primary N) is 1. The second kappa shape index (κ2) is 7.54. The molecule has 6 heteroatoms. The second-order valence-electron chi connectivity index (χ2n) is 5.00. The van der Waals surface area contributed by atoms with Crippen molar-refractivity contribution in [3.8, 4) is 0 Å². The third kappa shape index (κ3) is 4.68. The smallest absolute Gasteiger partial charge is 0.224 e. The fraction of sp³-hybridized carbons (Fsp3) is 0.400. The Morgan fingerprint density at radius 3 is 2.76 bits per heavy atom. The zero-order chi connectivity index (χ0) is 15.1. The predicted molar refractivity (Wildman–Crippen MR) is 80.4 cm³/mol. The third-order valence-electron chi connectivity index (χ3n) is 3.28. The number of rotatable bonds is 7. The summed E-state index contributed by atoms with van der Waals surface area (Å²) in [5.74, 6) is 0.506. The molecule has 2 aromatic rings. The molecule has 1 aromatic heterocycles. The molecule has 1 aromatic carbocycles. The lowest BCUT2D eigenvalue weighted by Gasteiger charge is -2.14. The molecule has 3 N–H and O–H groups in total. The molecule has 0 radical (unpaired) electrons. The monoisotopic (exact) mass is 287 g/mol. The average molecular weight is 287 g/mol. The molecule has 1 atom stereocenters. The molecule has 0 fully saturated rings. The van der Waals surface area contributed by atoms with Gasteiger partial charge < -0.3 is 11.1 Å². The summed E-state index contributed by atoms with van der Waals surface area (Å²) in [7, 11) is 1.82. The number of amides is 1. The Morgan fingerprint density at radius 2 is 2.14 bits per heavy atom. The van der Waals surface area contributed by atoms with Crippen LogP contribution in [-0.4, -0.2) is 33.8 Å². The van der Waals surface area contributed by atoms with Crippen molar-refractivity contribution in [3.63, 3.8) is 0 Å². The number of hydrogen-bond donors (Lipinski definition) is 2. The van der Waals surface area contributed by atoms with Crippen molar-refractivity contribution in [2.75, 3.05) is 13.1 Å². The van der Waals surface area contributed by atoms with E-state index in [0.29, 0.717) is 25.9 Å². The van der Waals surface area contributed by atoms with Gasteiger partial charge in [-0.05, 0) is 12.0 Å². The van der Waals surface area contributed by atoms with E-state index in [2.05, 4.69) is 15.4 Å². The summed E-state index contributed by atoms with van der Waals surface area (Å²) in [5.41, 5.74) is 6.84. The average Bonchev–Trinajstić information content (AvgIpc) is 2.91. The van der Waals surface area contributed by atoms with Gasteiger partial charge in [-0.25, -0.2) is 4.98 Å². The molecule has 1 amide bonds. The first-order valence-corrected chi connectivity index (χ1v) is 7.05. The molecule has 0 aliphatic heterocycles. The van der Waals surface area contributed by atoms with E-state index in [-0.39, 0.29) is 11.8 Å². The molecule has 21 heavy (non-hydrogen) atoms. The first kappa shape index (κ1) is 15.2. The summed E-state index contributed by atoms with van der Waals surface area (Å²) >= 11 is 0. The molecule has 0 bridgehead atoms. The number of nitrogens with zero attached hydrogens (tertiary/aromatic N) is 3. The lowest BCUT2D eigenvalue weighted by atomic mass is 9.98. The van der Waals surface area contributed by atoms with Crippen molar-refractivity contribution in [1.82, 2.24) is 20.1 Å². The summed E-state index contributed by atoms with van der Waals surface area (Å²) in [5, 5.41) is 7.07. The standard InChI is InChI=1S/C15H21N5O/c1-20-11-18-14(19-20)7-8-17-15(21)13(10-16)9-12-5-3-2-4-6-12/h2-6,11,13H,7-10,16H2,1H3,(H,17,21). The first-order valence-electron chi connectivity index (χ1n) is 7.05. The summed E-state index contributed by atoms with van der Waals surface area (Å²) in [4.78, 5) is 16.3. The van der Waals surface area contributed by atoms with Gasteiger partial charge in [0.25, 0.3) is 0 Å². The SMILES string of the molecule is Cn1cnc(CCNC(=O)C(CN)Cc2ccccc2)n1. The molecular formula is C15H21N5O. The fourth-order valence-corrected chi connectivity index (χ4v) is 2.12. The van der Waals surface area contributed by atoms with Crippen molar-refractivity contribution < 1.29 is 4.79 Å². The van der Waals surface area contributed by atoms with E-state index in [0.717, 1.165) is 11.4 Å². The Hall–Kier alpha value is -2.21. The van der Waals surface area contributed by atoms with Gasteiger partial charge in [0, 0.05) is 26.6 Å². The number of aryl methyl sites for hydroxylation is 1. The van der Waals surface area contributed by atoms with E-state index in [9.17, 15) is 4.79 Å². The van der Waals surface area contributed by atoms with Crippen molar-refractivity contribution in [2.24, 2.45) is 18.7 Å². The Balaban J connectivity index is 1.80. The molecule has 6 nitrogen and oxygen atoms in total. The van der Waals surface area contributed by atoms with Crippen LogP contribution in [0, 0.1) is 5.92 Å². The van der Waals surface area contributed by atoms with Gasteiger partial charge in [0.15, 0.2) is 5.82 Å². The van der Waals surface area contributed by atoms with Crippen molar-refractivity contribution in [2.45, 2.75) is 12.8 Å². The highest BCUT2D eigenvalue weighted by molar-refractivity contribution is 5.79. The number of carbonyl (C=O) groups excluding carboxylic acids is 1. The van der Waals surface area contributed by atoms with Gasteiger partial charge in [0.2, 0.25) is 5.91 Å². The topological polar surface area (TPSA) is 85.8 Å². The van der Waals surface area contributed by atoms with E-state index in [1.807, 2.05) is 37.4 Å². The van der Waals surface area contributed by atoms with Crippen LogP contribution in [0.15, 0.2) is 36.7 Å². The Morgan fingerprint density at radius 1 is 1.38 bits per heavy atom. The van der Waals surface area contributed by atoms with E-state index >= 15 is 0 Å².